The molecule has 4 nitrogen and oxygen atoms in total. The highest BCUT2D eigenvalue weighted by molar-refractivity contribution is 5.87. The second-order valence-electron chi connectivity index (χ2n) is 4.53. The van der Waals surface area contributed by atoms with Crippen LogP contribution in [-0.2, 0) is 6.54 Å². The van der Waals surface area contributed by atoms with Crippen molar-refractivity contribution >= 4 is 5.97 Å². The predicted molar refractivity (Wildman–Crippen MR) is 76.5 cm³/mol. The number of benzene rings is 2. The zero-order chi connectivity index (χ0) is 14.4. The van der Waals surface area contributed by atoms with Gasteiger partial charge in [0.2, 0.25) is 0 Å². The van der Waals surface area contributed by atoms with Gasteiger partial charge in [-0.2, -0.15) is 0 Å². The summed E-state index contributed by atoms with van der Waals surface area (Å²) in [5.74, 6) is -0.929. The number of carbonyl (C=O) groups is 1. The Morgan fingerprint density at radius 2 is 1.70 bits per heavy atom. The molecule has 2 rings (SSSR count). The molecule has 2 aromatic carbocycles. The second-order valence-corrected chi connectivity index (χ2v) is 4.53. The summed E-state index contributed by atoms with van der Waals surface area (Å²) in [5, 5.41) is 21.5. The lowest BCUT2D eigenvalue weighted by molar-refractivity contribution is 0.0697. The second kappa shape index (κ2) is 6.84. The van der Waals surface area contributed by atoms with Crippen LogP contribution < -0.4 is 5.32 Å². The number of carboxylic acid groups (broad SMARTS) is 1. The summed E-state index contributed by atoms with van der Waals surface area (Å²) in [5.41, 5.74) is 2.28. The topological polar surface area (TPSA) is 69.6 Å². The van der Waals surface area contributed by atoms with Crippen LogP contribution in [0.2, 0.25) is 0 Å². The monoisotopic (exact) mass is 271 g/mol. The van der Waals surface area contributed by atoms with Crippen LogP contribution in [0.5, 0.6) is 0 Å². The number of nitrogens with one attached hydrogen (secondary N) is 1. The molecule has 20 heavy (non-hydrogen) atoms. The smallest absolute Gasteiger partial charge is 0.335 e. The number of hydrogen-bond donors (Lipinski definition) is 3. The zero-order valence-electron chi connectivity index (χ0n) is 11.0. The summed E-state index contributed by atoms with van der Waals surface area (Å²) in [6.07, 6.45) is 0. The van der Waals surface area contributed by atoms with Gasteiger partial charge in [-0.3, -0.25) is 0 Å². The van der Waals surface area contributed by atoms with Gasteiger partial charge in [0, 0.05) is 6.54 Å². The molecular formula is C16H17NO3. The highest BCUT2D eigenvalue weighted by Gasteiger charge is 2.09. The number of aromatic carboxylic acids is 1. The van der Waals surface area contributed by atoms with E-state index in [0.29, 0.717) is 6.54 Å². The molecular weight excluding hydrogens is 254 g/mol. The molecule has 0 heterocycles. The number of aliphatic hydroxyl groups is 1. The van der Waals surface area contributed by atoms with Crippen molar-refractivity contribution < 1.29 is 15.0 Å². The Balaban J connectivity index is 1.98. The third-order valence-electron chi connectivity index (χ3n) is 3.14. The Morgan fingerprint density at radius 1 is 1.05 bits per heavy atom. The predicted octanol–water partition coefficient (Wildman–Crippen LogP) is 2.21. The fourth-order valence-electron chi connectivity index (χ4n) is 1.98. The average molecular weight is 271 g/mol. The first kappa shape index (κ1) is 14.2. The van der Waals surface area contributed by atoms with E-state index < -0.39 is 5.97 Å². The fourth-order valence-corrected chi connectivity index (χ4v) is 1.98. The van der Waals surface area contributed by atoms with Crippen molar-refractivity contribution in [3.05, 3.63) is 71.3 Å². The van der Waals surface area contributed by atoms with Gasteiger partial charge in [-0.25, -0.2) is 4.79 Å². The molecule has 0 saturated carbocycles. The van der Waals surface area contributed by atoms with E-state index in [0.717, 1.165) is 11.1 Å². The molecule has 0 radical (unpaired) electrons. The summed E-state index contributed by atoms with van der Waals surface area (Å²) >= 11 is 0. The third kappa shape index (κ3) is 3.66. The van der Waals surface area contributed by atoms with E-state index in [4.69, 9.17) is 5.11 Å². The lowest BCUT2D eigenvalue weighted by atomic mass is 10.1. The van der Waals surface area contributed by atoms with E-state index in [2.05, 4.69) is 5.32 Å². The van der Waals surface area contributed by atoms with Gasteiger partial charge in [0.25, 0.3) is 0 Å². The van der Waals surface area contributed by atoms with Gasteiger partial charge in [-0.05, 0) is 23.3 Å². The summed E-state index contributed by atoms with van der Waals surface area (Å²) in [7, 11) is 0. The maximum atomic E-state index is 10.8. The number of hydrogen-bond acceptors (Lipinski definition) is 3. The Kier molecular flexibility index (Phi) is 4.87. The number of aliphatic hydroxyl groups excluding tert-OH is 1. The van der Waals surface area contributed by atoms with Gasteiger partial charge in [0.15, 0.2) is 0 Å². The number of carboxylic acids is 1. The molecule has 0 aromatic heterocycles. The fraction of sp³-hybridized carbons (Fsp3) is 0.188. The Labute approximate surface area is 117 Å². The summed E-state index contributed by atoms with van der Waals surface area (Å²) in [6.45, 7) is 0.581. The summed E-state index contributed by atoms with van der Waals surface area (Å²) in [6, 6.07) is 16.3. The standard InChI is InChI=1S/C16H17NO3/c18-11-15(13-4-2-1-3-5-13)17-10-12-6-8-14(9-7-12)16(19)20/h1-9,15,17-18H,10-11H2,(H,19,20)/t15-/m0/s1. The molecule has 3 N–H and O–H groups in total. The van der Waals surface area contributed by atoms with Crippen molar-refractivity contribution in [1.29, 1.82) is 0 Å². The maximum Gasteiger partial charge on any atom is 0.335 e. The van der Waals surface area contributed by atoms with Crippen LogP contribution in [0, 0.1) is 0 Å². The molecule has 104 valence electrons. The SMILES string of the molecule is O=C(O)c1ccc(CN[C@@H](CO)c2ccccc2)cc1. The van der Waals surface area contributed by atoms with Crippen molar-refractivity contribution in [1.82, 2.24) is 5.32 Å². The Bertz CT molecular complexity index is 552. The molecule has 1 atom stereocenters. The van der Waals surface area contributed by atoms with Crippen molar-refractivity contribution in [2.24, 2.45) is 0 Å². The largest absolute Gasteiger partial charge is 0.478 e. The highest BCUT2D eigenvalue weighted by Crippen LogP contribution is 2.13. The van der Waals surface area contributed by atoms with E-state index in [1.54, 1.807) is 24.3 Å². The van der Waals surface area contributed by atoms with Crippen LogP contribution in [0.15, 0.2) is 54.6 Å². The van der Waals surface area contributed by atoms with Gasteiger partial charge in [0.1, 0.15) is 0 Å². The van der Waals surface area contributed by atoms with E-state index in [1.807, 2.05) is 30.3 Å². The first-order valence-corrected chi connectivity index (χ1v) is 6.42. The first-order chi connectivity index (χ1) is 9.70. The van der Waals surface area contributed by atoms with Crippen molar-refractivity contribution in [2.45, 2.75) is 12.6 Å². The van der Waals surface area contributed by atoms with Gasteiger partial charge in [-0.1, -0.05) is 42.5 Å². The minimum Gasteiger partial charge on any atom is -0.478 e. The first-order valence-electron chi connectivity index (χ1n) is 6.42. The third-order valence-corrected chi connectivity index (χ3v) is 3.14. The molecule has 0 unspecified atom stereocenters. The minimum absolute atomic E-state index is 0.0111. The summed E-state index contributed by atoms with van der Waals surface area (Å²) in [4.78, 5) is 10.8. The van der Waals surface area contributed by atoms with E-state index in [1.165, 1.54) is 0 Å². The van der Waals surface area contributed by atoms with Crippen LogP contribution in [0.25, 0.3) is 0 Å². The number of rotatable bonds is 6. The van der Waals surface area contributed by atoms with Crippen LogP contribution in [0.1, 0.15) is 27.5 Å². The minimum atomic E-state index is -0.929. The molecule has 0 aliphatic rings. The maximum absolute atomic E-state index is 10.8. The van der Waals surface area contributed by atoms with E-state index >= 15 is 0 Å². The molecule has 0 aliphatic carbocycles. The van der Waals surface area contributed by atoms with Crippen LogP contribution in [0.4, 0.5) is 0 Å². The average Bonchev–Trinajstić information content (AvgIpc) is 2.49. The molecule has 0 fully saturated rings. The van der Waals surface area contributed by atoms with E-state index in [9.17, 15) is 9.90 Å². The normalized spacial score (nSPS) is 12.1. The Morgan fingerprint density at radius 3 is 2.25 bits per heavy atom. The van der Waals surface area contributed by atoms with Crippen molar-refractivity contribution in [2.75, 3.05) is 6.61 Å². The Hall–Kier alpha value is -2.17. The quantitative estimate of drug-likeness (QED) is 0.753. The van der Waals surface area contributed by atoms with Gasteiger partial charge in [-0.15, -0.1) is 0 Å². The lowest BCUT2D eigenvalue weighted by Crippen LogP contribution is -2.23. The molecule has 0 bridgehead atoms. The molecule has 0 aliphatic heterocycles. The van der Waals surface area contributed by atoms with Gasteiger partial charge >= 0.3 is 5.97 Å². The zero-order valence-corrected chi connectivity index (χ0v) is 11.0. The van der Waals surface area contributed by atoms with Crippen LogP contribution in [-0.4, -0.2) is 22.8 Å². The summed E-state index contributed by atoms with van der Waals surface area (Å²) < 4.78 is 0. The van der Waals surface area contributed by atoms with Crippen molar-refractivity contribution in [3.8, 4) is 0 Å². The van der Waals surface area contributed by atoms with Crippen LogP contribution >= 0.6 is 0 Å². The van der Waals surface area contributed by atoms with E-state index in [-0.39, 0.29) is 18.2 Å². The molecule has 4 heteroatoms. The van der Waals surface area contributed by atoms with Crippen molar-refractivity contribution in [3.63, 3.8) is 0 Å². The highest BCUT2D eigenvalue weighted by atomic mass is 16.4. The molecule has 0 amide bonds. The molecule has 2 aromatic rings. The van der Waals surface area contributed by atoms with Gasteiger partial charge in [0.05, 0.1) is 18.2 Å². The lowest BCUT2D eigenvalue weighted by Gasteiger charge is -2.16. The van der Waals surface area contributed by atoms with Crippen LogP contribution in [0.3, 0.4) is 0 Å². The molecule has 0 saturated heterocycles. The van der Waals surface area contributed by atoms with Gasteiger partial charge < -0.3 is 15.5 Å². The molecule has 0 spiro atoms.